The molecule has 0 saturated carbocycles. The van der Waals surface area contributed by atoms with Gasteiger partial charge in [-0.3, -0.25) is 0 Å². The third-order valence-corrected chi connectivity index (χ3v) is 12.2. The van der Waals surface area contributed by atoms with Gasteiger partial charge in [0, 0.05) is 43.7 Å². The molecule has 1 aliphatic rings. The van der Waals surface area contributed by atoms with Crippen molar-refractivity contribution in [3.05, 3.63) is 187 Å². The Hall–Kier alpha value is -7.63. The van der Waals surface area contributed by atoms with E-state index in [1.54, 1.807) is 0 Å². The molecule has 11 aromatic rings. The van der Waals surface area contributed by atoms with E-state index in [0.717, 1.165) is 77.3 Å². The number of aromatic nitrogens is 3. The van der Waals surface area contributed by atoms with E-state index in [1.807, 2.05) is 48.5 Å². The van der Waals surface area contributed by atoms with Crippen LogP contribution in [-0.2, 0) is 5.41 Å². The molecule has 0 aliphatic heterocycles. The van der Waals surface area contributed by atoms with Crippen molar-refractivity contribution in [3.8, 4) is 67.5 Å². The second-order valence-electron chi connectivity index (χ2n) is 16.0. The van der Waals surface area contributed by atoms with Gasteiger partial charge in [0.15, 0.2) is 17.5 Å². The molecular weight excluding hydrogens is 723 g/mol. The molecule has 0 saturated heterocycles. The predicted molar refractivity (Wildman–Crippen MR) is 239 cm³/mol. The second kappa shape index (κ2) is 12.7. The molecule has 0 fully saturated rings. The molecule has 1 aliphatic carbocycles. The van der Waals surface area contributed by atoms with E-state index in [1.165, 1.54) is 27.8 Å². The first-order valence-corrected chi connectivity index (χ1v) is 20.0. The van der Waals surface area contributed by atoms with Crippen LogP contribution in [-0.4, -0.2) is 15.0 Å². The zero-order valence-corrected chi connectivity index (χ0v) is 32.4. The van der Waals surface area contributed by atoms with Crippen molar-refractivity contribution in [2.45, 2.75) is 19.3 Å². The zero-order chi connectivity index (χ0) is 39.2. The Morgan fingerprint density at radius 2 is 0.881 bits per heavy atom. The third kappa shape index (κ3) is 5.28. The normalized spacial score (nSPS) is 13.1. The highest BCUT2D eigenvalue weighted by Crippen LogP contribution is 2.50. The van der Waals surface area contributed by atoms with Crippen molar-refractivity contribution in [2.24, 2.45) is 0 Å². The van der Waals surface area contributed by atoms with Crippen LogP contribution in [0.4, 0.5) is 0 Å². The number of nitrogens with zero attached hydrogens (tertiary/aromatic N) is 3. The van der Waals surface area contributed by atoms with E-state index in [2.05, 4.69) is 141 Å². The van der Waals surface area contributed by atoms with Gasteiger partial charge in [-0.05, 0) is 99.1 Å². The summed E-state index contributed by atoms with van der Waals surface area (Å²) in [5, 5.41) is 4.05. The van der Waals surface area contributed by atoms with Gasteiger partial charge in [-0.2, -0.15) is 0 Å². The van der Waals surface area contributed by atoms with Crippen LogP contribution in [0.15, 0.2) is 185 Å². The van der Waals surface area contributed by atoms with Crippen molar-refractivity contribution >= 4 is 43.9 Å². The smallest absolute Gasteiger partial charge is 0.164 e. The van der Waals surface area contributed by atoms with E-state index in [-0.39, 0.29) is 5.41 Å². The van der Waals surface area contributed by atoms with Gasteiger partial charge in [0.1, 0.15) is 22.3 Å². The molecule has 3 aromatic heterocycles. The molecule has 0 spiro atoms. The van der Waals surface area contributed by atoms with E-state index in [9.17, 15) is 0 Å². The van der Waals surface area contributed by atoms with Gasteiger partial charge in [-0.25, -0.2) is 15.0 Å². The largest absolute Gasteiger partial charge is 0.456 e. The molecule has 0 bridgehead atoms. The van der Waals surface area contributed by atoms with Crippen LogP contribution in [0, 0.1) is 0 Å². The number of hydrogen-bond donors (Lipinski definition) is 0. The molecule has 8 aromatic carbocycles. The predicted octanol–water partition coefficient (Wildman–Crippen LogP) is 14.3. The summed E-state index contributed by atoms with van der Waals surface area (Å²) < 4.78 is 12.7. The zero-order valence-electron chi connectivity index (χ0n) is 32.4. The molecule has 0 N–H and O–H groups in total. The Labute approximate surface area is 340 Å². The van der Waals surface area contributed by atoms with E-state index in [0.29, 0.717) is 17.5 Å². The average molecular weight is 758 g/mol. The Morgan fingerprint density at radius 1 is 0.339 bits per heavy atom. The van der Waals surface area contributed by atoms with Crippen molar-refractivity contribution in [1.29, 1.82) is 0 Å². The Morgan fingerprint density at radius 3 is 1.76 bits per heavy atom. The van der Waals surface area contributed by atoms with Gasteiger partial charge >= 0.3 is 0 Å². The highest BCUT2D eigenvalue weighted by molar-refractivity contribution is 6.13. The highest BCUT2D eigenvalue weighted by atomic mass is 16.3. The molecule has 59 heavy (non-hydrogen) atoms. The van der Waals surface area contributed by atoms with Crippen LogP contribution in [0.3, 0.4) is 0 Å². The lowest BCUT2D eigenvalue weighted by atomic mass is 9.81. The first kappa shape index (κ1) is 33.5. The molecule has 0 unspecified atom stereocenters. The number of para-hydroxylation sites is 1. The van der Waals surface area contributed by atoms with E-state index in [4.69, 9.17) is 23.8 Å². The molecule has 5 heteroatoms. The van der Waals surface area contributed by atoms with Crippen molar-refractivity contribution in [2.75, 3.05) is 0 Å². The third-order valence-electron chi connectivity index (χ3n) is 12.2. The molecule has 0 amide bonds. The van der Waals surface area contributed by atoms with Gasteiger partial charge in [0.25, 0.3) is 0 Å². The SMILES string of the molecule is CC1(C)c2ccccc2-c2ccc(-c3ccc4oc5cccc(-c6nc(-c7cccc(-c8ccccc8)c7)nc(-c7ccc8oc9ccccc9c8c7)n6)c5c4c3)cc21. The maximum absolute atomic E-state index is 6.55. The van der Waals surface area contributed by atoms with Crippen molar-refractivity contribution in [1.82, 2.24) is 15.0 Å². The van der Waals surface area contributed by atoms with Crippen LogP contribution >= 0.6 is 0 Å². The molecular formula is C54H35N3O2. The van der Waals surface area contributed by atoms with Gasteiger partial charge in [-0.1, -0.05) is 135 Å². The maximum atomic E-state index is 6.55. The molecule has 0 radical (unpaired) electrons. The quantitative estimate of drug-likeness (QED) is 0.175. The minimum atomic E-state index is -0.0918. The number of fused-ring (bicyclic) bond motifs is 9. The Kier molecular flexibility index (Phi) is 7.20. The van der Waals surface area contributed by atoms with Crippen LogP contribution < -0.4 is 0 Å². The Bertz CT molecular complexity index is 3480. The fraction of sp³-hybridized carbons (Fsp3) is 0.0556. The van der Waals surface area contributed by atoms with Crippen LogP contribution in [0.2, 0.25) is 0 Å². The first-order valence-electron chi connectivity index (χ1n) is 20.0. The van der Waals surface area contributed by atoms with Crippen molar-refractivity contribution < 1.29 is 8.83 Å². The van der Waals surface area contributed by atoms with Crippen LogP contribution in [0.25, 0.3) is 111 Å². The standard InChI is InChI=1S/C54H35N3O2/c1-54(2)44-19-8-6-16-38(44)39-25-22-35(31-45(39)54)34-23-26-48-43(29-34)50-41(18-11-21-49(50)59-48)53-56-51(36-15-10-14-33(28-36)32-12-4-3-5-13-32)55-52(57-53)37-24-27-47-42(30-37)40-17-7-9-20-46(40)58-47/h3-31H,1-2H3. The number of benzene rings is 8. The Balaban J connectivity index is 1.04. The van der Waals surface area contributed by atoms with E-state index >= 15 is 0 Å². The molecule has 278 valence electrons. The summed E-state index contributed by atoms with van der Waals surface area (Å²) in [5.41, 5.74) is 15.7. The minimum absolute atomic E-state index is 0.0918. The molecule has 12 rings (SSSR count). The second-order valence-corrected chi connectivity index (χ2v) is 16.0. The summed E-state index contributed by atoms with van der Waals surface area (Å²) >= 11 is 0. The minimum Gasteiger partial charge on any atom is -0.456 e. The average Bonchev–Trinajstić information content (AvgIpc) is 3.93. The summed E-state index contributed by atoms with van der Waals surface area (Å²) in [6.07, 6.45) is 0. The molecule has 3 heterocycles. The topological polar surface area (TPSA) is 65.0 Å². The van der Waals surface area contributed by atoms with Crippen LogP contribution in [0.5, 0.6) is 0 Å². The van der Waals surface area contributed by atoms with Crippen molar-refractivity contribution in [3.63, 3.8) is 0 Å². The monoisotopic (exact) mass is 757 g/mol. The maximum Gasteiger partial charge on any atom is 0.164 e. The summed E-state index contributed by atoms with van der Waals surface area (Å²) in [6, 6.07) is 61.4. The van der Waals surface area contributed by atoms with Gasteiger partial charge in [0.05, 0.1) is 0 Å². The summed E-state index contributed by atoms with van der Waals surface area (Å²) in [7, 11) is 0. The highest BCUT2D eigenvalue weighted by Gasteiger charge is 2.35. The van der Waals surface area contributed by atoms with Crippen LogP contribution in [0.1, 0.15) is 25.0 Å². The lowest BCUT2D eigenvalue weighted by Gasteiger charge is -2.22. The number of rotatable bonds is 5. The summed E-state index contributed by atoms with van der Waals surface area (Å²) in [4.78, 5) is 15.7. The molecule has 0 atom stereocenters. The number of furan rings is 2. The van der Waals surface area contributed by atoms with Gasteiger partial charge in [-0.15, -0.1) is 0 Å². The van der Waals surface area contributed by atoms with Gasteiger partial charge in [0.2, 0.25) is 0 Å². The lowest BCUT2D eigenvalue weighted by molar-refractivity contribution is 0.660. The first-order chi connectivity index (χ1) is 29.0. The van der Waals surface area contributed by atoms with Gasteiger partial charge < -0.3 is 8.83 Å². The summed E-state index contributed by atoms with van der Waals surface area (Å²) in [5.74, 6) is 1.74. The fourth-order valence-electron chi connectivity index (χ4n) is 9.16. The molecule has 5 nitrogen and oxygen atoms in total. The number of hydrogen-bond acceptors (Lipinski definition) is 5. The van der Waals surface area contributed by atoms with E-state index < -0.39 is 0 Å². The lowest BCUT2D eigenvalue weighted by Crippen LogP contribution is -2.14. The fourth-order valence-corrected chi connectivity index (χ4v) is 9.16. The summed E-state index contributed by atoms with van der Waals surface area (Å²) in [6.45, 7) is 4.65.